The molecule has 2 aliphatic heterocycles. The van der Waals surface area contributed by atoms with E-state index in [1.54, 1.807) is 18.9 Å². The SMILES string of the molecule is Cc1ccc(C)c(OC(C)C(=O)N2CCc3c(sc4c3C(=O)N(C)CC(=O)N4)C2)c1. The zero-order valence-corrected chi connectivity index (χ0v) is 18.4. The molecule has 0 saturated carbocycles. The van der Waals surface area contributed by atoms with Crippen molar-refractivity contribution in [3.63, 3.8) is 0 Å². The molecular weight excluding hydrogens is 402 g/mol. The molecule has 0 aliphatic carbocycles. The summed E-state index contributed by atoms with van der Waals surface area (Å²) in [7, 11) is 1.63. The monoisotopic (exact) mass is 427 g/mol. The van der Waals surface area contributed by atoms with Crippen molar-refractivity contribution in [2.75, 3.05) is 25.5 Å². The first kappa shape index (κ1) is 20.4. The smallest absolute Gasteiger partial charge is 0.263 e. The van der Waals surface area contributed by atoms with E-state index in [1.807, 2.05) is 32.0 Å². The summed E-state index contributed by atoms with van der Waals surface area (Å²) in [6, 6.07) is 5.93. The third-order valence-electron chi connectivity index (χ3n) is 5.56. The number of benzene rings is 1. The Morgan fingerprint density at radius 3 is 2.77 bits per heavy atom. The van der Waals surface area contributed by atoms with E-state index in [2.05, 4.69) is 5.32 Å². The molecule has 158 valence electrons. The van der Waals surface area contributed by atoms with Gasteiger partial charge >= 0.3 is 0 Å². The molecule has 0 radical (unpaired) electrons. The van der Waals surface area contributed by atoms with E-state index in [-0.39, 0.29) is 24.3 Å². The van der Waals surface area contributed by atoms with E-state index in [9.17, 15) is 14.4 Å². The highest BCUT2D eigenvalue weighted by atomic mass is 32.1. The summed E-state index contributed by atoms with van der Waals surface area (Å²) >= 11 is 1.39. The topological polar surface area (TPSA) is 79.0 Å². The minimum absolute atomic E-state index is 0.0485. The average molecular weight is 428 g/mol. The maximum absolute atomic E-state index is 13.0. The predicted octanol–water partition coefficient (Wildman–Crippen LogP) is 2.74. The van der Waals surface area contributed by atoms with Crippen molar-refractivity contribution in [1.82, 2.24) is 9.80 Å². The molecule has 2 aliphatic rings. The summed E-state index contributed by atoms with van der Waals surface area (Å²) in [5.74, 6) is 0.282. The molecule has 1 atom stereocenters. The van der Waals surface area contributed by atoms with Gasteiger partial charge in [-0.25, -0.2) is 0 Å². The van der Waals surface area contributed by atoms with E-state index in [0.717, 1.165) is 21.6 Å². The number of hydrogen-bond acceptors (Lipinski definition) is 5. The van der Waals surface area contributed by atoms with Gasteiger partial charge in [-0.3, -0.25) is 14.4 Å². The van der Waals surface area contributed by atoms with E-state index >= 15 is 0 Å². The number of fused-ring (bicyclic) bond motifs is 3. The molecule has 2 aromatic rings. The van der Waals surface area contributed by atoms with E-state index in [1.165, 1.54) is 16.2 Å². The summed E-state index contributed by atoms with van der Waals surface area (Å²) in [6.07, 6.45) is -0.0317. The Labute approximate surface area is 179 Å². The molecule has 0 spiro atoms. The number of amides is 3. The minimum atomic E-state index is -0.614. The number of nitrogens with zero attached hydrogens (tertiary/aromatic N) is 2. The molecule has 0 bridgehead atoms. The third-order valence-corrected chi connectivity index (χ3v) is 6.69. The zero-order chi connectivity index (χ0) is 21.6. The van der Waals surface area contributed by atoms with Crippen LogP contribution in [0, 0.1) is 13.8 Å². The van der Waals surface area contributed by atoms with Gasteiger partial charge in [0.1, 0.15) is 10.8 Å². The Balaban J connectivity index is 1.52. The molecule has 1 aromatic heterocycles. The lowest BCUT2D eigenvalue weighted by Gasteiger charge is -2.30. The van der Waals surface area contributed by atoms with Crippen molar-refractivity contribution in [3.8, 4) is 5.75 Å². The summed E-state index contributed by atoms with van der Waals surface area (Å²) in [5, 5.41) is 3.43. The Bertz CT molecular complexity index is 1050. The van der Waals surface area contributed by atoms with Crippen LogP contribution < -0.4 is 10.1 Å². The molecule has 3 amide bonds. The third kappa shape index (κ3) is 3.67. The second-order valence-corrected chi connectivity index (χ2v) is 9.06. The fourth-order valence-corrected chi connectivity index (χ4v) is 5.15. The number of carbonyl (C=O) groups is 3. The van der Waals surface area contributed by atoms with Gasteiger partial charge in [0.25, 0.3) is 11.8 Å². The number of likely N-dealkylation sites (N-methyl/N-ethyl adjacent to an activating group) is 1. The number of nitrogens with one attached hydrogen (secondary N) is 1. The van der Waals surface area contributed by atoms with Crippen molar-refractivity contribution in [2.24, 2.45) is 0 Å². The number of anilines is 1. The first-order valence-corrected chi connectivity index (χ1v) is 10.8. The van der Waals surface area contributed by atoms with Crippen molar-refractivity contribution < 1.29 is 19.1 Å². The molecule has 4 rings (SSSR count). The summed E-state index contributed by atoms with van der Waals surface area (Å²) in [6.45, 7) is 6.69. The normalized spacial score (nSPS) is 17.1. The maximum atomic E-state index is 13.0. The van der Waals surface area contributed by atoms with Crippen LogP contribution >= 0.6 is 11.3 Å². The predicted molar refractivity (Wildman–Crippen MR) is 115 cm³/mol. The van der Waals surface area contributed by atoms with Crippen LogP contribution in [0.15, 0.2) is 18.2 Å². The molecule has 7 nitrogen and oxygen atoms in total. The van der Waals surface area contributed by atoms with Crippen LogP contribution in [0.2, 0.25) is 0 Å². The van der Waals surface area contributed by atoms with Crippen LogP contribution in [-0.2, 0) is 22.6 Å². The molecule has 30 heavy (non-hydrogen) atoms. The van der Waals surface area contributed by atoms with Crippen LogP contribution in [0.1, 0.15) is 38.8 Å². The molecule has 0 saturated heterocycles. The molecule has 3 heterocycles. The highest BCUT2D eigenvalue weighted by Gasteiger charge is 2.34. The number of aryl methyl sites for hydroxylation is 2. The van der Waals surface area contributed by atoms with Gasteiger partial charge in [0.15, 0.2) is 6.10 Å². The Morgan fingerprint density at radius 2 is 2.00 bits per heavy atom. The van der Waals surface area contributed by atoms with Crippen molar-refractivity contribution in [2.45, 2.75) is 39.8 Å². The lowest BCUT2D eigenvalue weighted by atomic mass is 10.0. The van der Waals surface area contributed by atoms with Gasteiger partial charge in [-0.05, 0) is 49.9 Å². The van der Waals surface area contributed by atoms with Gasteiger partial charge < -0.3 is 19.9 Å². The Kier molecular flexibility index (Phi) is 5.27. The van der Waals surface area contributed by atoms with Crippen LogP contribution in [0.4, 0.5) is 5.00 Å². The minimum Gasteiger partial charge on any atom is -0.481 e. The van der Waals surface area contributed by atoms with E-state index in [4.69, 9.17) is 4.74 Å². The summed E-state index contributed by atoms with van der Waals surface area (Å²) in [4.78, 5) is 41.9. The van der Waals surface area contributed by atoms with Gasteiger partial charge in [0, 0.05) is 18.5 Å². The zero-order valence-electron chi connectivity index (χ0n) is 17.6. The number of ether oxygens (including phenoxy) is 1. The van der Waals surface area contributed by atoms with Gasteiger partial charge in [-0.15, -0.1) is 11.3 Å². The van der Waals surface area contributed by atoms with Crippen molar-refractivity contribution >= 4 is 34.1 Å². The first-order valence-electron chi connectivity index (χ1n) is 9.97. The molecular formula is C22H25N3O4S. The van der Waals surface area contributed by atoms with Crippen LogP contribution in [0.5, 0.6) is 5.75 Å². The van der Waals surface area contributed by atoms with Crippen LogP contribution in [0.25, 0.3) is 0 Å². The number of rotatable bonds is 3. The fourth-order valence-electron chi connectivity index (χ4n) is 3.88. The van der Waals surface area contributed by atoms with Crippen LogP contribution in [-0.4, -0.2) is 53.8 Å². The lowest BCUT2D eigenvalue weighted by molar-refractivity contribution is -0.138. The van der Waals surface area contributed by atoms with Gasteiger partial charge in [-0.2, -0.15) is 0 Å². The van der Waals surface area contributed by atoms with E-state index in [0.29, 0.717) is 35.8 Å². The number of hydrogen-bond donors (Lipinski definition) is 1. The largest absolute Gasteiger partial charge is 0.481 e. The molecule has 1 unspecified atom stereocenters. The quantitative estimate of drug-likeness (QED) is 0.817. The van der Waals surface area contributed by atoms with Crippen molar-refractivity contribution in [1.29, 1.82) is 0 Å². The van der Waals surface area contributed by atoms with E-state index < -0.39 is 6.10 Å². The second kappa shape index (κ2) is 7.75. The highest BCUT2D eigenvalue weighted by molar-refractivity contribution is 7.17. The fraction of sp³-hybridized carbons (Fsp3) is 0.409. The molecule has 1 aromatic carbocycles. The first-order chi connectivity index (χ1) is 14.2. The second-order valence-electron chi connectivity index (χ2n) is 7.96. The Hall–Kier alpha value is -2.87. The van der Waals surface area contributed by atoms with Gasteiger partial charge in [-0.1, -0.05) is 12.1 Å². The molecule has 1 N–H and O–H groups in total. The summed E-state index contributed by atoms with van der Waals surface area (Å²) in [5.41, 5.74) is 3.59. The lowest BCUT2D eigenvalue weighted by Crippen LogP contribution is -2.43. The molecule has 8 heteroatoms. The molecule has 0 fully saturated rings. The maximum Gasteiger partial charge on any atom is 0.263 e. The standard InChI is InChI=1S/C22H25N3O4S/c1-12-5-6-13(2)16(9-12)29-14(3)21(27)25-8-7-15-17(10-25)30-20-19(15)22(28)24(4)11-18(26)23-20/h5-6,9,14H,7-8,10-11H2,1-4H3,(H,23,26). The number of thiophene rings is 1. The van der Waals surface area contributed by atoms with Crippen molar-refractivity contribution in [3.05, 3.63) is 45.3 Å². The van der Waals surface area contributed by atoms with Gasteiger partial charge in [0.2, 0.25) is 5.91 Å². The van der Waals surface area contributed by atoms with Gasteiger partial charge in [0.05, 0.1) is 18.7 Å². The van der Waals surface area contributed by atoms with Crippen LogP contribution in [0.3, 0.4) is 0 Å². The highest BCUT2D eigenvalue weighted by Crippen LogP contribution is 2.39. The average Bonchev–Trinajstić information content (AvgIpc) is 3.01. The summed E-state index contributed by atoms with van der Waals surface area (Å²) < 4.78 is 5.97. The Morgan fingerprint density at radius 1 is 1.23 bits per heavy atom. The number of carbonyl (C=O) groups excluding carboxylic acids is 3.